The minimum atomic E-state index is 0. The molecule has 2 fully saturated rings. The molecule has 2 heterocycles. The van der Waals surface area contributed by atoms with Gasteiger partial charge in [0.05, 0.1) is 6.54 Å². The number of carbonyl (C=O) groups is 1. The highest BCUT2D eigenvalue weighted by molar-refractivity contribution is 5.85. The Morgan fingerprint density at radius 1 is 1.06 bits per heavy atom. The predicted molar refractivity (Wildman–Crippen MR) is 75.9 cm³/mol. The van der Waals surface area contributed by atoms with E-state index in [0.717, 1.165) is 26.1 Å². The summed E-state index contributed by atoms with van der Waals surface area (Å²) in [7, 11) is 0. The highest BCUT2D eigenvalue weighted by atomic mass is 35.5. The first kappa shape index (κ1) is 15.7. The minimum absolute atomic E-state index is 0. The Bertz CT molecular complexity index is 255. The van der Waals surface area contributed by atoms with Gasteiger partial charge in [-0.3, -0.25) is 9.69 Å². The molecule has 0 aromatic heterocycles. The summed E-state index contributed by atoms with van der Waals surface area (Å²) in [5.74, 6) is 0.312. The van der Waals surface area contributed by atoms with Crippen molar-refractivity contribution >= 4 is 18.3 Å². The number of likely N-dealkylation sites (tertiary alicyclic amines) is 2. The first-order valence-corrected chi connectivity index (χ1v) is 7.03. The van der Waals surface area contributed by atoms with Crippen molar-refractivity contribution in [3.8, 4) is 0 Å². The molecule has 4 nitrogen and oxygen atoms in total. The summed E-state index contributed by atoms with van der Waals surface area (Å²) in [6.07, 6.45) is 7.24. The second kappa shape index (κ2) is 7.97. The standard InChI is InChI=1S/C13H25N3O.ClH/c14-10-12-6-5-9-16(12)11-13(17)15-7-3-1-2-4-8-15;/h12H,1-11,14H2;1H. The molecule has 0 spiro atoms. The highest BCUT2D eigenvalue weighted by Crippen LogP contribution is 2.17. The zero-order chi connectivity index (χ0) is 12.1. The van der Waals surface area contributed by atoms with E-state index >= 15 is 0 Å². The van der Waals surface area contributed by atoms with E-state index < -0.39 is 0 Å². The van der Waals surface area contributed by atoms with Crippen LogP contribution < -0.4 is 5.73 Å². The van der Waals surface area contributed by atoms with Gasteiger partial charge in [-0.25, -0.2) is 0 Å². The Morgan fingerprint density at radius 3 is 2.33 bits per heavy atom. The van der Waals surface area contributed by atoms with Crippen molar-refractivity contribution in [1.82, 2.24) is 9.80 Å². The van der Waals surface area contributed by atoms with Gasteiger partial charge in [-0.1, -0.05) is 12.8 Å². The Hall–Kier alpha value is -0.320. The number of carbonyl (C=O) groups excluding carboxylic acids is 1. The average molecular weight is 276 g/mol. The molecule has 2 saturated heterocycles. The molecule has 0 saturated carbocycles. The van der Waals surface area contributed by atoms with Crippen LogP contribution in [-0.4, -0.2) is 54.5 Å². The fraction of sp³-hybridized carbons (Fsp3) is 0.923. The van der Waals surface area contributed by atoms with Crippen LogP contribution in [0.3, 0.4) is 0 Å². The first-order valence-electron chi connectivity index (χ1n) is 7.03. The maximum atomic E-state index is 12.2. The summed E-state index contributed by atoms with van der Waals surface area (Å²) in [5, 5.41) is 0. The Balaban J connectivity index is 0.00000162. The van der Waals surface area contributed by atoms with Gasteiger partial charge in [0.25, 0.3) is 0 Å². The van der Waals surface area contributed by atoms with Gasteiger partial charge in [0.2, 0.25) is 5.91 Å². The van der Waals surface area contributed by atoms with Gasteiger partial charge in [-0.05, 0) is 32.2 Å². The first-order chi connectivity index (χ1) is 8.31. The normalized spacial score (nSPS) is 25.6. The molecule has 106 valence electrons. The molecule has 2 rings (SSSR count). The van der Waals surface area contributed by atoms with Gasteiger partial charge in [0.1, 0.15) is 0 Å². The summed E-state index contributed by atoms with van der Waals surface area (Å²) < 4.78 is 0. The van der Waals surface area contributed by atoms with Crippen molar-refractivity contribution in [2.75, 3.05) is 32.7 Å². The van der Waals surface area contributed by atoms with E-state index in [-0.39, 0.29) is 12.4 Å². The minimum Gasteiger partial charge on any atom is -0.342 e. The maximum Gasteiger partial charge on any atom is 0.236 e. The molecule has 1 atom stereocenters. The SMILES string of the molecule is Cl.NCC1CCCN1CC(=O)N1CCCCCC1. The number of amides is 1. The van der Waals surface area contributed by atoms with Crippen molar-refractivity contribution in [2.24, 2.45) is 5.73 Å². The summed E-state index contributed by atoms with van der Waals surface area (Å²) in [6, 6.07) is 0.436. The van der Waals surface area contributed by atoms with Crippen molar-refractivity contribution in [2.45, 2.75) is 44.6 Å². The number of hydrogen-bond acceptors (Lipinski definition) is 3. The number of hydrogen-bond donors (Lipinski definition) is 1. The monoisotopic (exact) mass is 275 g/mol. The van der Waals surface area contributed by atoms with Gasteiger partial charge in [-0.15, -0.1) is 12.4 Å². The van der Waals surface area contributed by atoms with Crippen LogP contribution in [0, 0.1) is 0 Å². The molecule has 0 aliphatic carbocycles. The van der Waals surface area contributed by atoms with E-state index in [0.29, 0.717) is 25.0 Å². The van der Waals surface area contributed by atoms with Crippen LogP contribution >= 0.6 is 12.4 Å². The molecule has 1 unspecified atom stereocenters. The quantitative estimate of drug-likeness (QED) is 0.843. The zero-order valence-corrected chi connectivity index (χ0v) is 12.0. The van der Waals surface area contributed by atoms with Crippen LogP contribution in [0.25, 0.3) is 0 Å². The molecule has 2 aliphatic rings. The fourth-order valence-electron chi connectivity index (χ4n) is 2.96. The lowest BCUT2D eigenvalue weighted by atomic mass is 10.2. The number of halogens is 1. The fourth-order valence-corrected chi connectivity index (χ4v) is 2.96. The molecule has 0 aromatic carbocycles. The third-order valence-electron chi connectivity index (χ3n) is 4.07. The lowest BCUT2D eigenvalue weighted by Gasteiger charge is -2.27. The van der Waals surface area contributed by atoms with Crippen LogP contribution in [0.4, 0.5) is 0 Å². The summed E-state index contributed by atoms with van der Waals surface area (Å²) in [4.78, 5) is 16.5. The van der Waals surface area contributed by atoms with E-state index in [1.54, 1.807) is 0 Å². The molecular weight excluding hydrogens is 250 g/mol. The molecule has 2 aliphatic heterocycles. The molecule has 0 bridgehead atoms. The van der Waals surface area contributed by atoms with Crippen LogP contribution in [0.15, 0.2) is 0 Å². The third-order valence-corrected chi connectivity index (χ3v) is 4.07. The number of rotatable bonds is 3. The topological polar surface area (TPSA) is 49.6 Å². The van der Waals surface area contributed by atoms with Crippen molar-refractivity contribution < 1.29 is 4.79 Å². The third kappa shape index (κ3) is 4.11. The van der Waals surface area contributed by atoms with Gasteiger partial charge in [0.15, 0.2) is 0 Å². The molecule has 0 aromatic rings. The molecule has 2 N–H and O–H groups in total. The lowest BCUT2D eigenvalue weighted by Crippen LogP contribution is -2.44. The van der Waals surface area contributed by atoms with E-state index in [1.165, 1.54) is 32.1 Å². The van der Waals surface area contributed by atoms with Gasteiger partial charge >= 0.3 is 0 Å². The van der Waals surface area contributed by atoms with E-state index in [1.807, 2.05) is 0 Å². The Kier molecular flexibility index (Phi) is 6.97. The molecule has 1 amide bonds. The van der Waals surface area contributed by atoms with Crippen LogP contribution in [0.1, 0.15) is 38.5 Å². The van der Waals surface area contributed by atoms with Gasteiger partial charge in [-0.2, -0.15) is 0 Å². The summed E-state index contributed by atoms with van der Waals surface area (Å²) >= 11 is 0. The van der Waals surface area contributed by atoms with Gasteiger partial charge < -0.3 is 10.6 Å². The van der Waals surface area contributed by atoms with Crippen molar-refractivity contribution in [3.05, 3.63) is 0 Å². The molecule has 5 heteroatoms. The number of nitrogens with two attached hydrogens (primary N) is 1. The largest absolute Gasteiger partial charge is 0.342 e. The van der Waals surface area contributed by atoms with Crippen molar-refractivity contribution in [3.63, 3.8) is 0 Å². The van der Waals surface area contributed by atoms with Crippen molar-refractivity contribution in [1.29, 1.82) is 0 Å². The molecule has 18 heavy (non-hydrogen) atoms. The highest BCUT2D eigenvalue weighted by Gasteiger charge is 2.26. The zero-order valence-electron chi connectivity index (χ0n) is 11.1. The predicted octanol–water partition coefficient (Wildman–Crippen LogP) is 1.23. The van der Waals surface area contributed by atoms with Crippen LogP contribution in [-0.2, 0) is 4.79 Å². The Morgan fingerprint density at radius 2 is 1.72 bits per heavy atom. The molecular formula is C13H26ClN3O. The van der Waals surface area contributed by atoms with E-state index in [2.05, 4.69) is 9.80 Å². The van der Waals surface area contributed by atoms with Crippen LogP contribution in [0.5, 0.6) is 0 Å². The number of nitrogens with zero attached hydrogens (tertiary/aromatic N) is 2. The second-order valence-electron chi connectivity index (χ2n) is 5.30. The van der Waals surface area contributed by atoms with E-state index in [4.69, 9.17) is 5.73 Å². The lowest BCUT2D eigenvalue weighted by molar-refractivity contribution is -0.132. The van der Waals surface area contributed by atoms with Crippen LogP contribution in [0.2, 0.25) is 0 Å². The smallest absolute Gasteiger partial charge is 0.236 e. The Labute approximate surface area is 116 Å². The summed E-state index contributed by atoms with van der Waals surface area (Å²) in [6.45, 7) is 4.23. The maximum absolute atomic E-state index is 12.2. The second-order valence-corrected chi connectivity index (χ2v) is 5.30. The molecule has 0 radical (unpaired) electrons. The van der Waals surface area contributed by atoms with Gasteiger partial charge in [0, 0.05) is 25.7 Å². The summed E-state index contributed by atoms with van der Waals surface area (Å²) in [5.41, 5.74) is 5.74. The van der Waals surface area contributed by atoms with E-state index in [9.17, 15) is 4.79 Å². The average Bonchev–Trinajstić information content (AvgIpc) is 2.62.